The van der Waals surface area contributed by atoms with E-state index < -0.39 is 0 Å². The first-order valence-electron chi connectivity index (χ1n) is 9.12. The number of benzene rings is 1. The molecule has 1 fully saturated rings. The number of unbranched alkanes of at least 4 members (excludes halogenated alkanes) is 1. The Morgan fingerprint density at radius 3 is 2.52 bits per heavy atom. The Balaban J connectivity index is 1.56. The molecule has 1 saturated heterocycles. The van der Waals surface area contributed by atoms with Crippen molar-refractivity contribution in [3.05, 3.63) is 48.2 Å². The summed E-state index contributed by atoms with van der Waals surface area (Å²) in [6, 6.07) is 12.1. The van der Waals surface area contributed by atoms with E-state index in [1.54, 1.807) is 12.3 Å². The normalized spacial score (nSPS) is 13.7. The molecule has 1 aromatic carbocycles. The summed E-state index contributed by atoms with van der Waals surface area (Å²) in [5.74, 6) is 0.668. The van der Waals surface area contributed by atoms with Gasteiger partial charge in [0.2, 0.25) is 0 Å². The molecular weight excluding hydrogens is 312 g/mol. The van der Waals surface area contributed by atoms with Gasteiger partial charge in [-0.25, -0.2) is 4.98 Å². The molecule has 0 radical (unpaired) electrons. The second-order valence-corrected chi connectivity index (χ2v) is 6.41. The molecule has 2 aromatic rings. The molecule has 0 bridgehead atoms. The van der Waals surface area contributed by atoms with Crippen LogP contribution in [-0.2, 0) is 0 Å². The van der Waals surface area contributed by atoms with E-state index in [-0.39, 0.29) is 5.91 Å². The van der Waals surface area contributed by atoms with Crippen LogP contribution in [0, 0.1) is 0 Å². The van der Waals surface area contributed by atoms with E-state index in [2.05, 4.69) is 51.7 Å². The zero-order chi connectivity index (χ0) is 17.5. The summed E-state index contributed by atoms with van der Waals surface area (Å²) in [6.07, 6.45) is 6.23. The van der Waals surface area contributed by atoms with Gasteiger partial charge in [-0.3, -0.25) is 4.79 Å². The first-order chi connectivity index (χ1) is 12.3. The van der Waals surface area contributed by atoms with E-state index in [0.29, 0.717) is 12.1 Å². The van der Waals surface area contributed by atoms with Gasteiger partial charge in [-0.15, -0.1) is 0 Å². The molecule has 1 amide bonds. The maximum atomic E-state index is 12.0. The minimum atomic E-state index is -0.0672. The van der Waals surface area contributed by atoms with Crippen LogP contribution in [-0.4, -0.2) is 30.5 Å². The third kappa shape index (κ3) is 4.72. The van der Waals surface area contributed by atoms with Gasteiger partial charge in [-0.1, -0.05) is 13.3 Å². The van der Waals surface area contributed by atoms with Crippen molar-refractivity contribution < 1.29 is 4.79 Å². The molecule has 1 aromatic heterocycles. The Hall–Kier alpha value is -2.56. The number of pyridine rings is 1. The molecule has 0 saturated carbocycles. The Kier molecular flexibility index (Phi) is 5.88. The number of amides is 1. The molecule has 1 aliphatic rings. The Morgan fingerprint density at radius 1 is 1.12 bits per heavy atom. The Morgan fingerprint density at radius 2 is 1.88 bits per heavy atom. The van der Waals surface area contributed by atoms with Crippen LogP contribution < -0.4 is 15.5 Å². The largest absolute Gasteiger partial charge is 0.372 e. The van der Waals surface area contributed by atoms with Crippen molar-refractivity contribution in [3.8, 4) is 0 Å². The molecule has 2 heterocycles. The fourth-order valence-corrected chi connectivity index (χ4v) is 2.96. The summed E-state index contributed by atoms with van der Waals surface area (Å²) in [7, 11) is 0. The maximum absolute atomic E-state index is 12.0. The van der Waals surface area contributed by atoms with E-state index >= 15 is 0 Å². The molecule has 3 rings (SSSR count). The summed E-state index contributed by atoms with van der Waals surface area (Å²) >= 11 is 0. The number of hydrogen-bond acceptors (Lipinski definition) is 4. The lowest BCUT2D eigenvalue weighted by Crippen LogP contribution is -2.24. The highest BCUT2D eigenvalue weighted by atomic mass is 16.1. The highest BCUT2D eigenvalue weighted by Crippen LogP contribution is 2.23. The summed E-state index contributed by atoms with van der Waals surface area (Å²) in [6.45, 7) is 5.11. The molecule has 0 unspecified atom stereocenters. The lowest BCUT2D eigenvalue weighted by Gasteiger charge is -2.17. The van der Waals surface area contributed by atoms with Crippen LogP contribution in [0.1, 0.15) is 43.0 Å². The summed E-state index contributed by atoms with van der Waals surface area (Å²) in [5.41, 5.74) is 2.86. The lowest BCUT2D eigenvalue weighted by atomic mass is 10.2. The average Bonchev–Trinajstić information content (AvgIpc) is 3.18. The average molecular weight is 338 g/mol. The van der Waals surface area contributed by atoms with Gasteiger partial charge in [0.25, 0.3) is 5.91 Å². The highest BCUT2D eigenvalue weighted by molar-refractivity contribution is 5.94. The van der Waals surface area contributed by atoms with Crippen LogP contribution in [0.2, 0.25) is 0 Å². The van der Waals surface area contributed by atoms with E-state index in [1.807, 2.05) is 6.07 Å². The number of carbonyl (C=O) groups excluding carboxylic acids is 1. The predicted octanol–water partition coefficient (Wildman–Crippen LogP) is 3.96. The number of nitrogens with zero attached hydrogens (tertiary/aromatic N) is 2. The van der Waals surface area contributed by atoms with Gasteiger partial charge >= 0.3 is 0 Å². The molecule has 25 heavy (non-hydrogen) atoms. The number of hydrogen-bond donors (Lipinski definition) is 2. The predicted molar refractivity (Wildman–Crippen MR) is 103 cm³/mol. The number of carbonyl (C=O) groups is 1. The van der Waals surface area contributed by atoms with E-state index in [4.69, 9.17) is 0 Å². The summed E-state index contributed by atoms with van der Waals surface area (Å²) in [5, 5.41) is 6.18. The van der Waals surface area contributed by atoms with Gasteiger partial charge in [0.05, 0.1) is 5.56 Å². The molecule has 0 spiro atoms. The highest BCUT2D eigenvalue weighted by Gasteiger charge is 2.12. The smallest absolute Gasteiger partial charge is 0.252 e. The van der Waals surface area contributed by atoms with Crippen LogP contribution in [0.15, 0.2) is 42.6 Å². The second kappa shape index (κ2) is 8.51. The van der Waals surface area contributed by atoms with Crippen LogP contribution in [0.4, 0.5) is 17.2 Å². The molecular formula is C20H26N4O. The molecule has 1 aliphatic heterocycles. The third-order valence-electron chi connectivity index (χ3n) is 4.45. The van der Waals surface area contributed by atoms with E-state index in [9.17, 15) is 4.79 Å². The number of rotatable bonds is 7. The number of aromatic nitrogens is 1. The van der Waals surface area contributed by atoms with Crippen molar-refractivity contribution in [3.63, 3.8) is 0 Å². The lowest BCUT2D eigenvalue weighted by molar-refractivity contribution is 0.0953. The number of nitrogens with one attached hydrogen (secondary N) is 2. The standard InChI is InChI=1S/C20H26N4O/c1-2-3-12-21-20(25)16-6-11-19(22-15-16)23-17-7-9-18(10-8-17)24-13-4-5-14-24/h6-11,15H,2-5,12-14H2,1H3,(H,21,25)(H,22,23). The fourth-order valence-electron chi connectivity index (χ4n) is 2.96. The molecule has 5 nitrogen and oxygen atoms in total. The zero-order valence-electron chi connectivity index (χ0n) is 14.8. The van der Waals surface area contributed by atoms with Crippen LogP contribution in [0.3, 0.4) is 0 Å². The zero-order valence-corrected chi connectivity index (χ0v) is 14.8. The van der Waals surface area contributed by atoms with Gasteiger partial charge in [-0.05, 0) is 55.7 Å². The van der Waals surface area contributed by atoms with Gasteiger partial charge in [0.1, 0.15) is 5.82 Å². The summed E-state index contributed by atoms with van der Waals surface area (Å²) in [4.78, 5) is 18.7. The Bertz CT molecular complexity index is 676. The minimum Gasteiger partial charge on any atom is -0.372 e. The quantitative estimate of drug-likeness (QED) is 0.751. The monoisotopic (exact) mass is 338 g/mol. The molecule has 5 heteroatoms. The van der Waals surface area contributed by atoms with Gasteiger partial charge in [-0.2, -0.15) is 0 Å². The van der Waals surface area contributed by atoms with Crippen molar-refractivity contribution in [2.45, 2.75) is 32.6 Å². The van der Waals surface area contributed by atoms with Gasteiger partial charge in [0.15, 0.2) is 0 Å². The maximum Gasteiger partial charge on any atom is 0.252 e. The van der Waals surface area contributed by atoms with Crippen molar-refractivity contribution in [1.82, 2.24) is 10.3 Å². The molecule has 0 aliphatic carbocycles. The molecule has 132 valence electrons. The molecule has 2 N–H and O–H groups in total. The third-order valence-corrected chi connectivity index (χ3v) is 4.45. The van der Waals surface area contributed by atoms with E-state index in [1.165, 1.54) is 18.5 Å². The summed E-state index contributed by atoms with van der Waals surface area (Å²) < 4.78 is 0. The minimum absolute atomic E-state index is 0.0672. The second-order valence-electron chi connectivity index (χ2n) is 6.41. The van der Waals surface area contributed by atoms with Crippen molar-refractivity contribution >= 4 is 23.1 Å². The number of anilines is 3. The molecule has 0 atom stereocenters. The van der Waals surface area contributed by atoms with E-state index in [0.717, 1.165) is 37.4 Å². The Labute approximate surface area is 149 Å². The van der Waals surface area contributed by atoms with Crippen LogP contribution >= 0.6 is 0 Å². The fraction of sp³-hybridized carbons (Fsp3) is 0.400. The van der Waals surface area contributed by atoms with Crippen LogP contribution in [0.5, 0.6) is 0 Å². The topological polar surface area (TPSA) is 57.3 Å². The van der Waals surface area contributed by atoms with Gasteiger partial charge in [0, 0.05) is 37.2 Å². The van der Waals surface area contributed by atoms with Crippen molar-refractivity contribution in [2.24, 2.45) is 0 Å². The van der Waals surface area contributed by atoms with Crippen molar-refractivity contribution in [2.75, 3.05) is 29.9 Å². The van der Waals surface area contributed by atoms with Crippen molar-refractivity contribution in [1.29, 1.82) is 0 Å². The van der Waals surface area contributed by atoms with Crippen LogP contribution in [0.25, 0.3) is 0 Å². The first-order valence-corrected chi connectivity index (χ1v) is 9.12. The van der Waals surface area contributed by atoms with Gasteiger partial charge < -0.3 is 15.5 Å². The first kappa shape index (κ1) is 17.3. The SMILES string of the molecule is CCCCNC(=O)c1ccc(Nc2ccc(N3CCCC3)cc2)nc1.